The SMILES string of the molecule is CC1=NNC(=O)C1CCOC(=O)c1ccc(/C(=C/C(=N)C(F)(F)F)Nc2ccccc2Cl)cc1. The van der Waals surface area contributed by atoms with Gasteiger partial charge in [-0.05, 0) is 49.2 Å². The first-order chi connectivity index (χ1) is 16.1. The largest absolute Gasteiger partial charge is 0.462 e. The molecule has 0 radical (unpaired) electrons. The Morgan fingerprint density at radius 1 is 1.21 bits per heavy atom. The molecule has 1 heterocycles. The van der Waals surface area contributed by atoms with Crippen molar-refractivity contribution >= 4 is 46.3 Å². The van der Waals surface area contributed by atoms with Crippen molar-refractivity contribution in [1.29, 1.82) is 5.41 Å². The Bertz CT molecular complexity index is 1160. The van der Waals surface area contributed by atoms with Crippen LogP contribution in [0.15, 0.2) is 59.7 Å². The van der Waals surface area contributed by atoms with Crippen LogP contribution in [0, 0.1) is 11.3 Å². The summed E-state index contributed by atoms with van der Waals surface area (Å²) in [5.41, 5.74) is 2.20. The fraction of sp³-hybridized carbons (Fsp3) is 0.217. The highest BCUT2D eigenvalue weighted by atomic mass is 35.5. The van der Waals surface area contributed by atoms with E-state index in [1.54, 1.807) is 31.2 Å². The van der Waals surface area contributed by atoms with Crippen molar-refractivity contribution in [2.45, 2.75) is 19.5 Å². The molecule has 11 heteroatoms. The Morgan fingerprint density at radius 3 is 2.44 bits per heavy atom. The van der Waals surface area contributed by atoms with Gasteiger partial charge in [0, 0.05) is 11.4 Å². The van der Waals surface area contributed by atoms with Gasteiger partial charge in [-0.2, -0.15) is 18.3 Å². The molecule has 0 bridgehead atoms. The molecule has 178 valence electrons. The molecule has 2 aromatic rings. The van der Waals surface area contributed by atoms with Gasteiger partial charge in [0.25, 0.3) is 0 Å². The number of amides is 1. The van der Waals surface area contributed by atoms with Crippen molar-refractivity contribution in [3.63, 3.8) is 0 Å². The van der Waals surface area contributed by atoms with Crippen molar-refractivity contribution in [2.24, 2.45) is 11.0 Å². The van der Waals surface area contributed by atoms with E-state index in [0.717, 1.165) is 0 Å². The summed E-state index contributed by atoms with van der Waals surface area (Å²) in [5.74, 6) is -1.36. The minimum Gasteiger partial charge on any atom is -0.462 e. The molecule has 1 unspecified atom stereocenters. The van der Waals surface area contributed by atoms with Crippen LogP contribution in [0.5, 0.6) is 0 Å². The fourth-order valence-electron chi connectivity index (χ4n) is 3.09. The summed E-state index contributed by atoms with van der Waals surface area (Å²) >= 11 is 6.10. The monoisotopic (exact) mass is 492 g/mol. The van der Waals surface area contributed by atoms with Crippen molar-refractivity contribution in [3.8, 4) is 0 Å². The van der Waals surface area contributed by atoms with Gasteiger partial charge in [0.05, 0.1) is 28.8 Å². The minimum atomic E-state index is -4.84. The normalized spacial score (nSPS) is 16.0. The number of ether oxygens (including phenoxy) is 1. The van der Waals surface area contributed by atoms with Crippen LogP contribution in [-0.2, 0) is 9.53 Å². The van der Waals surface area contributed by atoms with E-state index in [1.165, 1.54) is 24.3 Å². The minimum absolute atomic E-state index is 0.00646. The lowest BCUT2D eigenvalue weighted by Crippen LogP contribution is -2.24. The van der Waals surface area contributed by atoms with Crippen LogP contribution in [0.2, 0.25) is 5.02 Å². The molecule has 0 aliphatic carbocycles. The third-order valence-electron chi connectivity index (χ3n) is 4.97. The third kappa shape index (κ3) is 6.22. The van der Waals surface area contributed by atoms with Gasteiger partial charge in [-0.25, -0.2) is 10.2 Å². The summed E-state index contributed by atoms with van der Waals surface area (Å²) in [5, 5.41) is 14.3. The second-order valence-corrected chi connectivity index (χ2v) is 7.77. The van der Waals surface area contributed by atoms with Crippen molar-refractivity contribution in [2.75, 3.05) is 11.9 Å². The number of nitrogens with one attached hydrogen (secondary N) is 3. The Balaban J connectivity index is 1.73. The summed E-state index contributed by atoms with van der Waals surface area (Å²) in [6.45, 7) is 1.69. The number of nitrogens with zero attached hydrogens (tertiary/aromatic N) is 1. The molecule has 7 nitrogen and oxygen atoms in total. The van der Waals surface area contributed by atoms with Gasteiger partial charge in [-0.3, -0.25) is 10.2 Å². The standard InChI is InChI=1S/C23H20ClF3N4O3/c1-13-16(21(32)31-30-13)10-11-34-22(33)15-8-6-14(7-9-15)19(12-20(28)23(25,26)27)29-18-5-3-2-4-17(18)24/h2-9,12,16,28-29H,10-11H2,1H3,(H,31,32)/b19-12-,28-20?. The van der Waals surface area contributed by atoms with E-state index in [0.29, 0.717) is 23.0 Å². The lowest BCUT2D eigenvalue weighted by molar-refractivity contribution is -0.122. The fourth-order valence-corrected chi connectivity index (χ4v) is 3.28. The molecule has 3 rings (SSSR count). The van der Waals surface area contributed by atoms with Crippen LogP contribution in [-0.4, -0.2) is 36.1 Å². The van der Waals surface area contributed by atoms with Crippen LogP contribution in [0.3, 0.4) is 0 Å². The smallest absolute Gasteiger partial charge is 0.432 e. The first kappa shape index (κ1) is 25.0. The molecule has 0 fully saturated rings. The number of carbonyl (C=O) groups excluding carboxylic acids is 2. The number of hydrazone groups is 1. The number of allylic oxidation sites excluding steroid dienone is 1. The summed E-state index contributed by atoms with van der Waals surface area (Å²) in [6, 6.07) is 12.1. The highest BCUT2D eigenvalue weighted by Crippen LogP contribution is 2.27. The maximum atomic E-state index is 13.0. The third-order valence-corrected chi connectivity index (χ3v) is 5.30. The summed E-state index contributed by atoms with van der Waals surface area (Å²) in [6.07, 6.45) is -3.91. The Morgan fingerprint density at radius 2 is 1.85 bits per heavy atom. The van der Waals surface area contributed by atoms with Crippen LogP contribution in [0.1, 0.15) is 29.3 Å². The quantitative estimate of drug-likeness (QED) is 0.354. The molecule has 0 aromatic heterocycles. The average Bonchev–Trinajstić information content (AvgIpc) is 3.11. The molecule has 2 aromatic carbocycles. The zero-order valence-corrected chi connectivity index (χ0v) is 18.6. The number of benzene rings is 2. The van der Waals surface area contributed by atoms with E-state index in [1.807, 2.05) is 0 Å². The first-order valence-corrected chi connectivity index (χ1v) is 10.4. The molecule has 0 saturated carbocycles. The highest BCUT2D eigenvalue weighted by Gasteiger charge is 2.33. The van der Waals surface area contributed by atoms with E-state index in [9.17, 15) is 22.8 Å². The molecule has 0 spiro atoms. The predicted molar refractivity (Wildman–Crippen MR) is 123 cm³/mol. The Kier molecular flexibility index (Phi) is 7.72. The predicted octanol–water partition coefficient (Wildman–Crippen LogP) is 5.04. The maximum absolute atomic E-state index is 13.0. The number of anilines is 1. The Hall–Kier alpha value is -3.66. The number of esters is 1. The Labute approximate surface area is 198 Å². The number of hydrogen-bond acceptors (Lipinski definition) is 6. The second kappa shape index (κ2) is 10.5. The number of halogens is 4. The number of carbonyl (C=O) groups is 2. The zero-order valence-electron chi connectivity index (χ0n) is 17.9. The van der Waals surface area contributed by atoms with Crippen LogP contribution in [0.25, 0.3) is 5.70 Å². The zero-order chi connectivity index (χ0) is 24.9. The van der Waals surface area contributed by atoms with Crippen molar-refractivity contribution < 1.29 is 27.5 Å². The number of alkyl halides is 3. The topological polar surface area (TPSA) is 104 Å². The number of rotatable bonds is 8. The van der Waals surface area contributed by atoms with E-state index in [2.05, 4.69) is 15.8 Å². The molecule has 1 atom stereocenters. The average molecular weight is 493 g/mol. The first-order valence-electron chi connectivity index (χ1n) is 10.1. The summed E-state index contributed by atoms with van der Waals surface area (Å²) in [7, 11) is 0. The van der Waals surface area contributed by atoms with Gasteiger partial charge in [-0.15, -0.1) is 0 Å². The molecule has 34 heavy (non-hydrogen) atoms. The molecule has 0 saturated heterocycles. The lowest BCUT2D eigenvalue weighted by Gasteiger charge is -2.15. The van der Waals surface area contributed by atoms with Crippen molar-refractivity contribution in [3.05, 3.63) is 70.8 Å². The molecular weight excluding hydrogens is 473 g/mol. The maximum Gasteiger partial charge on any atom is 0.432 e. The van der Waals surface area contributed by atoms with Gasteiger partial charge < -0.3 is 10.1 Å². The van der Waals surface area contributed by atoms with E-state index >= 15 is 0 Å². The van der Waals surface area contributed by atoms with E-state index in [4.69, 9.17) is 21.7 Å². The second-order valence-electron chi connectivity index (χ2n) is 7.36. The molecule has 3 N–H and O–H groups in total. The van der Waals surface area contributed by atoms with Gasteiger partial charge in [0.15, 0.2) is 0 Å². The molecule has 1 aliphatic heterocycles. The lowest BCUT2D eigenvalue weighted by atomic mass is 10.0. The van der Waals surface area contributed by atoms with Crippen LogP contribution >= 0.6 is 11.6 Å². The molecule has 1 amide bonds. The van der Waals surface area contributed by atoms with Crippen LogP contribution in [0.4, 0.5) is 18.9 Å². The van der Waals surface area contributed by atoms with Gasteiger partial charge in [0.2, 0.25) is 5.91 Å². The van der Waals surface area contributed by atoms with Crippen LogP contribution < -0.4 is 10.7 Å². The summed E-state index contributed by atoms with van der Waals surface area (Å²) in [4.78, 5) is 24.0. The van der Waals surface area contributed by atoms with Gasteiger partial charge >= 0.3 is 12.1 Å². The van der Waals surface area contributed by atoms with E-state index in [-0.39, 0.29) is 35.2 Å². The van der Waals surface area contributed by atoms with Crippen molar-refractivity contribution in [1.82, 2.24) is 5.43 Å². The highest BCUT2D eigenvalue weighted by molar-refractivity contribution is 6.33. The number of para-hydroxylation sites is 1. The molecular formula is C23H20ClF3N4O3. The summed E-state index contributed by atoms with van der Waals surface area (Å²) < 4.78 is 44.1. The molecule has 1 aliphatic rings. The number of hydrogen-bond donors (Lipinski definition) is 3. The van der Waals surface area contributed by atoms with Gasteiger partial charge in [-0.1, -0.05) is 35.9 Å². The van der Waals surface area contributed by atoms with E-state index < -0.39 is 23.8 Å². The van der Waals surface area contributed by atoms with Gasteiger partial charge in [0.1, 0.15) is 5.71 Å².